The normalized spacial score (nSPS) is 23.4. The number of aromatic nitrogens is 3. The van der Waals surface area contributed by atoms with E-state index in [4.69, 9.17) is 31.8 Å². The van der Waals surface area contributed by atoms with Gasteiger partial charge in [0.05, 0.1) is 30.0 Å². The zero-order valence-corrected chi connectivity index (χ0v) is 36.9. The molecule has 4 N–H and O–H groups in total. The third-order valence-electron chi connectivity index (χ3n) is 13.6. The predicted octanol–water partition coefficient (Wildman–Crippen LogP) is 5.49. The fourth-order valence-electron chi connectivity index (χ4n) is 10.2. The van der Waals surface area contributed by atoms with Gasteiger partial charge in [0.1, 0.15) is 16.9 Å². The highest BCUT2D eigenvalue weighted by atomic mass is 35.5. The number of carbonyl (C=O) groups excluding carboxylic acids is 4. The van der Waals surface area contributed by atoms with Crippen molar-refractivity contribution in [2.45, 2.75) is 114 Å². The van der Waals surface area contributed by atoms with Crippen LogP contribution in [0.5, 0.6) is 5.75 Å². The molecule has 1 aliphatic carbocycles. The van der Waals surface area contributed by atoms with Crippen LogP contribution in [0.3, 0.4) is 0 Å². The van der Waals surface area contributed by atoms with E-state index in [0.717, 1.165) is 64.7 Å². The van der Waals surface area contributed by atoms with Crippen LogP contribution in [-0.2, 0) is 19.1 Å². The average Bonchev–Trinajstić information content (AvgIpc) is 3.51. The van der Waals surface area contributed by atoms with E-state index in [-0.39, 0.29) is 65.9 Å². The SMILES string of the molecule is CC(C)n1c(=O)c(OCC(N)=O)cc2cc(Nc3nc(N4CCC(OC5CC(N6CCC(c7ccc8c(c7F)[C@@H](C)N(C7CCC(=O)NC7=O)C8=O)CC6)C5)CC4)ncc3Cl)ccc21. The Morgan fingerprint density at radius 1 is 1.00 bits per heavy atom. The van der Waals surface area contributed by atoms with Crippen molar-refractivity contribution in [2.75, 3.05) is 43.0 Å². The van der Waals surface area contributed by atoms with Gasteiger partial charge in [-0.2, -0.15) is 4.98 Å². The van der Waals surface area contributed by atoms with Gasteiger partial charge in [0, 0.05) is 53.8 Å². The fourth-order valence-corrected chi connectivity index (χ4v) is 10.4. The summed E-state index contributed by atoms with van der Waals surface area (Å²) in [6.07, 6.45) is 7.56. The summed E-state index contributed by atoms with van der Waals surface area (Å²) in [5.41, 5.74) is 7.60. The molecule has 0 radical (unpaired) electrons. The molecule has 4 aliphatic heterocycles. The number of benzene rings is 2. The quantitative estimate of drug-likeness (QED) is 0.152. The molecule has 338 valence electrons. The van der Waals surface area contributed by atoms with Crippen molar-refractivity contribution in [2.24, 2.45) is 5.73 Å². The Balaban J connectivity index is 0.751. The highest BCUT2D eigenvalue weighted by molar-refractivity contribution is 6.33. The molecule has 64 heavy (non-hydrogen) atoms. The van der Waals surface area contributed by atoms with Gasteiger partial charge in [0.15, 0.2) is 18.2 Å². The van der Waals surface area contributed by atoms with E-state index in [0.29, 0.717) is 56.1 Å². The van der Waals surface area contributed by atoms with E-state index in [9.17, 15) is 24.0 Å². The topological polar surface area (TPSA) is 194 Å². The maximum absolute atomic E-state index is 16.2. The molecule has 9 rings (SSSR count). The van der Waals surface area contributed by atoms with Crippen molar-refractivity contribution >= 4 is 63.6 Å². The second kappa shape index (κ2) is 17.7. The molecule has 0 bridgehead atoms. The number of nitrogens with two attached hydrogens (primary N) is 1. The van der Waals surface area contributed by atoms with Crippen LogP contribution >= 0.6 is 11.6 Å². The number of halogens is 2. The number of anilines is 3. The summed E-state index contributed by atoms with van der Waals surface area (Å²) in [5.74, 6) is -1.17. The highest BCUT2D eigenvalue weighted by Crippen LogP contribution is 2.43. The van der Waals surface area contributed by atoms with Crippen LogP contribution in [-0.4, -0.2) is 105 Å². The minimum atomic E-state index is -0.793. The van der Waals surface area contributed by atoms with Crippen molar-refractivity contribution in [3.05, 3.63) is 80.5 Å². The molecule has 1 saturated carbocycles. The lowest BCUT2D eigenvalue weighted by molar-refractivity contribution is -0.137. The van der Waals surface area contributed by atoms with Crippen LogP contribution < -0.4 is 31.6 Å². The van der Waals surface area contributed by atoms with Crippen LogP contribution in [0.15, 0.2) is 47.4 Å². The van der Waals surface area contributed by atoms with Gasteiger partial charge in [0.2, 0.25) is 17.8 Å². The molecule has 4 fully saturated rings. The minimum Gasteiger partial charge on any atom is -0.478 e. The Bertz CT molecular complexity index is 2570. The Morgan fingerprint density at radius 3 is 2.45 bits per heavy atom. The Kier molecular flexibility index (Phi) is 12.1. The lowest BCUT2D eigenvalue weighted by atomic mass is 9.82. The molecule has 3 saturated heterocycles. The van der Waals surface area contributed by atoms with Gasteiger partial charge in [-0.05, 0) is 121 Å². The monoisotopic (exact) mass is 897 g/mol. The zero-order valence-electron chi connectivity index (χ0n) is 36.1. The number of pyridine rings is 1. The van der Waals surface area contributed by atoms with Gasteiger partial charge < -0.3 is 39.8 Å². The Morgan fingerprint density at radius 2 is 1.75 bits per heavy atom. The second-order valence-corrected chi connectivity index (χ2v) is 18.4. The first-order valence-corrected chi connectivity index (χ1v) is 22.6. The van der Waals surface area contributed by atoms with E-state index in [2.05, 4.69) is 25.4 Å². The predicted molar refractivity (Wildman–Crippen MR) is 237 cm³/mol. The smallest absolute Gasteiger partial charge is 0.293 e. The van der Waals surface area contributed by atoms with E-state index >= 15 is 4.39 Å². The molecule has 18 heteroatoms. The average molecular weight is 898 g/mol. The van der Waals surface area contributed by atoms with Crippen LogP contribution in [0.4, 0.5) is 21.8 Å². The first-order chi connectivity index (χ1) is 30.7. The number of nitrogens with zero attached hydrogens (tertiary/aromatic N) is 6. The summed E-state index contributed by atoms with van der Waals surface area (Å²) in [7, 11) is 0. The summed E-state index contributed by atoms with van der Waals surface area (Å²) >= 11 is 6.58. The Hall–Kier alpha value is -5.65. The number of imide groups is 1. The molecule has 1 unspecified atom stereocenters. The van der Waals surface area contributed by atoms with Gasteiger partial charge in [-0.25, -0.2) is 9.37 Å². The molecule has 6 heterocycles. The van der Waals surface area contributed by atoms with Crippen LogP contribution in [0.2, 0.25) is 5.02 Å². The first kappa shape index (κ1) is 43.6. The summed E-state index contributed by atoms with van der Waals surface area (Å²) in [6.45, 7) is 8.34. The first-order valence-electron chi connectivity index (χ1n) is 22.3. The summed E-state index contributed by atoms with van der Waals surface area (Å²) in [5, 5.41) is 6.70. The molecule has 16 nitrogen and oxygen atoms in total. The number of hydrogen-bond acceptors (Lipinski definition) is 12. The van der Waals surface area contributed by atoms with Crippen LogP contribution in [0.25, 0.3) is 10.9 Å². The summed E-state index contributed by atoms with van der Waals surface area (Å²) in [4.78, 5) is 77.6. The molecule has 2 aromatic carbocycles. The second-order valence-electron chi connectivity index (χ2n) is 18.0. The molecular weight excluding hydrogens is 845 g/mol. The van der Waals surface area contributed by atoms with Gasteiger partial charge in [-0.3, -0.25) is 29.3 Å². The van der Waals surface area contributed by atoms with Crippen molar-refractivity contribution in [1.29, 1.82) is 0 Å². The number of ether oxygens (including phenoxy) is 2. The third-order valence-corrected chi connectivity index (χ3v) is 13.9. The van der Waals surface area contributed by atoms with E-state index in [1.54, 1.807) is 35.9 Å². The molecule has 4 aromatic rings. The van der Waals surface area contributed by atoms with Crippen molar-refractivity contribution in [3.8, 4) is 5.75 Å². The van der Waals surface area contributed by atoms with E-state index in [1.807, 2.05) is 32.0 Å². The van der Waals surface area contributed by atoms with Crippen LogP contribution in [0.1, 0.15) is 112 Å². The fraction of sp³-hybridized carbons (Fsp3) is 0.500. The number of rotatable bonds is 12. The number of primary amides is 1. The van der Waals surface area contributed by atoms with Gasteiger partial charge in [-0.1, -0.05) is 17.7 Å². The van der Waals surface area contributed by atoms with Crippen molar-refractivity contribution < 1.29 is 33.0 Å². The molecule has 0 spiro atoms. The van der Waals surface area contributed by atoms with Crippen LogP contribution in [0, 0.1) is 5.82 Å². The van der Waals surface area contributed by atoms with Gasteiger partial charge in [-0.15, -0.1) is 0 Å². The van der Waals surface area contributed by atoms with Crippen molar-refractivity contribution in [1.82, 2.24) is 29.7 Å². The maximum Gasteiger partial charge on any atom is 0.293 e. The van der Waals surface area contributed by atoms with Crippen molar-refractivity contribution in [3.63, 3.8) is 0 Å². The standard InChI is InChI=1S/C46H53ClFN9O7/c1-24(2)56-35-7-4-28(18-27(35)19-37(45(56)62)63-23-38(49)58)51-42-34(47)22-50-46(53-42)55-16-12-30(13-17-55)64-31-20-29(21-31)54-14-10-26(11-15-54)32-5-6-33-40(41(32)48)25(3)57(44(33)61)36-8-9-39(59)52-43(36)60/h4-7,18-19,22,24-26,29-31,36H,8-17,20-21,23H2,1-3H3,(H2,49,58)(H,50,51,53)(H,52,59,60)/t25-,29?,31?,36?/m1/s1. The van der Waals surface area contributed by atoms with E-state index in [1.165, 1.54) is 4.90 Å². The lowest BCUT2D eigenvalue weighted by Crippen LogP contribution is -2.53. The molecule has 2 aromatic heterocycles. The molecule has 4 amide bonds. The number of hydrogen-bond donors (Lipinski definition) is 3. The molecule has 2 atom stereocenters. The number of carbonyl (C=O) groups is 4. The number of likely N-dealkylation sites (tertiary alicyclic amines) is 1. The highest BCUT2D eigenvalue weighted by Gasteiger charge is 2.45. The maximum atomic E-state index is 16.2. The molecular formula is C46H53ClFN9O7. The van der Waals surface area contributed by atoms with Gasteiger partial charge >= 0.3 is 0 Å². The number of piperidine rings is 3. The van der Waals surface area contributed by atoms with Gasteiger partial charge in [0.25, 0.3) is 17.4 Å². The minimum absolute atomic E-state index is 0.0341. The lowest BCUT2D eigenvalue weighted by Gasteiger charge is -2.47. The number of nitrogens with one attached hydrogen (secondary N) is 2. The van der Waals surface area contributed by atoms with E-state index < -0.39 is 30.5 Å². The number of fused-ring (bicyclic) bond motifs is 2. The zero-order chi connectivity index (χ0) is 45.0. The summed E-state index contributed by atoms with van der Waals surface area (Å²) < 4.78 is 29.9. The largest absolute Gasteiger partial charge is 0.478 e. The number of amides is 4. The molecule has 5 aliphatic rings. The summed E-state index contributed by atoms with van der Waals surface area (Å²) in [6, 6.07) is 9.51. The third kappa shape index (κ3) is 8.40. The Labute approximate surface area is 374 Å².